The summed E-state index contributed by atoms with van der Waals surface area (Å²) in [6.45, 7) is 9.11. The molecule has 1 heterocycles. The highest BCUT2D eigenvalue weighted by molar-refractivity contribution is 5.35. The van der Waals surface area contributed by atoms with E-state index in [4.69, 9.17) is 5.73 Å². The molecule has 96 valence electrons. The summed E-state index contributed by atoms with van der Waals surface area (Å²) in [6, 6.07) is 0. The summed E-state index contributed by atoms with van der Waals surface area (Å²) in [6.07, 6.45) is 6.02. The van der Waals surface area contributed by atoms with Crippen LogP contribution in [-0.4, -0.2) is 23.1 Å². The van der Waals surface area contributed by atoms with Crippen molar-refractivity contribution in [3.63, 3.8) is 0 Å². The maximum Gasteiger partial charge on any atom is 0.147 e. The van der Waals surface area contributed by atoms with Gasteiger partial charge in [0, 0.05) is 19.6 Å². The molecule has 0 aromatic carbocycles. The molecule has 0 aliphatic heterocycles. The van der Waals surface area contributed by atoms with Crippen LogP contribution in [0.2, 0.25) is 0 Å². The van der Waals surface area contributed by atoms with E-state index < -0.39 is 0 Å². The Labute approximate surface area is 104 Å². The van der Waals surface area contributed by atoms with Gasteiger partial charge in [-0.1, -0.05) is 26.7 Å². The average Bonchev–Trinajstić information content (AvgIpc) is 2.40. The molecule has 0 bridgehead atoms. The Hall–Kier alpha value is -1.16. The quantitative estimate of drug-likeness (QED) is 0.788. The van der Waals surface area contributed by atoms with Crippen molar-refractivity contribution in [2.75, 3.05) is 18.0 Å². The van der Waals surface area contributed by atoms with Crippen LogP contribution in [0.4, 0.5) is 5.82 Å². The molecule has 1 rings (SSSR count). The SMILES string of the molecule is CCC(CC)CN(CC)c1cnc(CN)cn1. The van der Waals surface area contributed by atoms with E-state index in [-0.39, 0.29) is 0 Å². The normalized spacial score (nSPS) is 10.9. The molecule has 0 spiro atoms. The van der Waals surface area contributed by atoms with Gasteiger partial charge in [-0.05, 0) is 12.8 Å². The summed E-state index contributed by atoms with van der Waals surface area (Å²) in [7, 11) is 0. The maximum absolute atomic E-state index is 5.52. The molecule has 1 aromatic heterocycles. The van der Waals surface area contributed by atoms with Crippen LogP contribution in [0.1, 0.15) is 39.3 Å². The Balaban J connectivity index is 2.71. The van der Waals surface area contributed by atoms with E-state index in [9.17, 15) is 0 Å². The largest absolute Gasteiger partial charge is 0.355 e. The minimum atomic E-state index is 0.450. The van der Waals surface area contributed by atoms with Gasteiger partial charge in [0.1, 0.15) is 5.82 Å². The fourth-order valence-corrected chi connectivity index (χ4v) is 1.86. The predicted octanol–water partition coefficient (Wildman–Crippen LogP) is 2.20. The third-order valence-corrected chi connectivity index (χ3v) is 3.24. The Morgan fingerprint density at radius 1 is 1.18 bits per heavy atom. The van der Waals surface area contributed by atoms with Crippen LogP contribution in [0.15, 0.2) is 12.4 Å². The summed E-state index contributed by atoms with van der Waals surface area (Å²) in [5, 5.41) is 0. The van der Waals surface area contributed by atoms with Gasteiger partial charge in [-0.15, -0.1) is 0 Å². The van der Waals surface area contributed by atoms with Crippen LogP contribution < -0.4 is 10.6 Å². The van der Waals surface area contributed by atoms with E-state index in [1.165, 1.54) is 12.8 Å². The molecular weight excluding hydrogens is 212 g/mol. The van der Waals surface area contributed by atoms with Gasteiger partial charge in [0.05, 0.1) is 18.1 Å². The summed E-state index contributed by atoms with van der Waals surface area (Å²) >= 11 is 0. The minimum Gasteiger partial charge on any atom is -0.355 e. The highest BCUT2D eigenvalue weighted by atomic mass is 15.2. The number of aromatic nitrogens is 2. The molecule has 0 saturated carbocycles. The van der Waals surface area contributed by atoms with Crippen molar-refractivity contribution in [1.82, 2.24) is 9.97 Å². The standard InChI is InChI=1S/C13H24N4/c1-4-11(5-2)10-17(6-3)13-9-15-12(7-14)8-16-13/h8-9,11H,4-7,10,14H2,1-3H3. The van der Waals surface area contributed by atoms with Gasteiger partial charge in [0.2, 0.25) is 0 Å². The number of hydrogen-bond donors (Lipinski definition) is 1. The van der Waals surface area contributed by atoms with Crippen molar-refractivity contribution in [2.45, 2.75) is 40.2 Å². The first-order valence-electron chi connectivity index (χ1n) is 6.50. The molecule has 1 aromatic rings. The van der Waals surface area contributed by atoms with Crippen molar-refractivity contribution >= 4 is 5.82 Å². The topological polar surface area (TPSA) is 55.0 Å². The highest BCUT2D eigenvalue weighted by Gasteiger charge is 2.11. The Morgan fingerprint density at radius 2 is 1.88 bits per heavy atom. The van der Waals surface area contributed by atoms with E-state index in [1.807, 2.05) is 6.20 Å². The van der Waals surface area contributed by atoms with Crippen molar-refractivity contribution in [2.24, 2.45) is 11.7 Å². The second-order valence-electron chi connectivity index (χ2n) is 4.29. The molecule has 17 heavy (non-hydrogen) atoms. The molecule has 0 amide bonds. The molecule has 4 heteroatoms. The molecule has 0 atom stereocenters. The van der Waals surface area contributed by atoms with E-state index in [0.29, 0.717) is 6.54 Å². The lowest BCUT2D eigenvalue weighted by Crippen LogP contribution is -2.29. The first-order chi connectivity index (χ1) is 8.24. The second kappa shape index (κ2) is 7.22. The minimum absolute atomic E-state index is 0.450. The Kier molecular flexibility index (Phi) is 5.91. The monoisotopic (exact) mass is 236 g/mol. The first kappa shape index (κ1) is 13.9. The number of nitrogens with zero attached hydrogens (tertiary/aromatic N) is 3. The first-order valence-corrected chi connectivity index (χ1v) is 6.50. The fraction of sp³-hybridized carbons (Fsp3) is 0.692. The number of nitrogens with two attached hydrogens (primary N) is 1. The van der Waals surface area contributed by atoms with Crippen LogP contribution in [0.3, 0.4) is 0 Å². The van der Waals surface area contributed by atoms with E-state index in [2.05, 4.69) is 35.6 Å². The molecule has 0 aliphatic carbocycles. The lowest BCUT2D eigenvalue weighted by atomic mass is 10.0. The lowest BCUT2D eigenvalue weighted by molar-refractivity contribution is 0.484. The zero-order chi connectivity index (χ0) is 12.7. The summed E-state index contributed by atoms with van der Waals surface area (Å²) in [5.74, 6) is 1.68. The maximum atomic E-state index is 5.52. The van der Waals surface area contributed by atoms with Gasteiger partial charge in [-0.2, -0.15) is 0 Å². The summed E-state index contributed by atoms with van der Waals surface area (Å²) in [5.41, 5.74) is 6.36. The third kappa shape index (κ3) is 3.97. The molecular formula is C13H24N4. The van der Waals surface area contributed by atoms with Gasteiger partial charge < -0.3 is 10.6 Å². The van der Waals surface area contributed by atoms with Crippen molar-refractivity contribution in [3.8, 4) is 0 Å². The molecule has 0 radical (unpaired) electrons. The van der Waals surface area contributed by atoms with Gasteiger partial charge in [0.25, 0.3) is 0 Å². The summed E-state index contributed by atoms with van der Waals surface area (Å²) in [4.78, 5) is 11.0. The number of anilines is 1. The van der Waals surface area contributed by atoms with Crippen LogP contribution in [-0.2, 0) is 6.54 Å². The van der Waals surface area contributed by atoms with Crippen LogP contribution in [0.25, 0.3) is 0 Å². The lowest BCUT2D eigenvalue weighted by Gasteiger charge is -2.26. The molecule has 0 fully saturated rings. The zero-order valence-electron chi connectivity index (χ0n) is 11.2. The van der Waals surface area contributed by atoms with E-state index in [0.717, 1.165) is 30.5 Å². The third-order valence-electron chi connectivity index (χ3n) is 3.24. The molecule has 0 saturated heterocycles. The molecule has 2 N–H and O–H groups in total. The average molecular weight is 236 g/mol. The van der Waals surface area contributed by atoms with Gasteiger partial charge >= 0.3 is 0 Å². The molecule has 0 unspecified atom stereocenters. The molecule has 4 nitrogen and oxygen atoms in total. The van der Waals surface area contributed by atoms with Crippen molar-refractivity contribution < 1.29 is 0 Å². The zero-order valence-corrected chi connectivity index (χ0v) is 11.2. The van der Waals surface area contributed by atoms with Crippen molar-refractivity contribution in [3.05, 3.63) is 18.1 Å². The smallest absolute Gasteiger partial charge is 0.147 e. The van der Waals surface area contributed by atoms with Gasteiger partial charge in [-0.25, -0.2) is 4.98 Å². The number of hydrogen-bond acceptors (Lipinski definition) is 4. The summed E-state index contributed by atoms with van der Waals surface area (Å²) < 4.78 is 0. The van der Waals surface area contributed by atoms with E-state index >= 15 is 0 Å². The van der Waals surface area contributed by atoms with Crippen LogP contribution in [0.5, 0.6) is 0 Å². The number of rotatable bonds is 7. The van der Waals surface area contributed by atoms with Gasteiger partial charge in [-0.3, -0.25) is 4.98 Å². The second-order valence-corrected chi connectivity index (χ2v) is 4.29. The molecule has 0 aliphatic rings. The van der Waals surface area contributed by atoms with Gasteiger partial charge in [0.15, 0.2) is 0 Å². The van der Waals surface area contributed by atoms with Crippen LogP contribution in [0, 0.1) is 5.92 Å². The predicted molar refractivity (Wildman–Crippen MR) is 71.9 cm³/mol. The highest BCUT2D eigenvalue weighted by Crippen LogP contribution is 2.15. The van der Waals surface area contributed by atoms with Crippen LogP contribution >= 0.6 is 0 Å². The van der Waals surface area contributed by atoms with E-state index in [1.54, 1.807) is 6.20 Å². The fourth-order valence-electron chi connectivity index (χ4n) is 1.86. The Bertz CT molecular complexity index is 306. The van der Waals surface area contributed by atoms with Crippen molar-refractivity contribution in [1.29, 1.82) is 0 Å². The Morgan fingerprint density at radius 3 is 2.29 bits per heavy atom.